The van der Waals surface area contributed by atoms with E-state index in [1.807, 2.05) is 24.3 Å². The Bertz CT molecular complexity index is 1830. The summed E-state index contributed by atoms with van der Waals surface area (Å²) in [6.45, 7) is 8.92. The first-order chi connectivity index (χ1) is 26.9. The third-order valence-corrected chi connectivity index (χ3v) is 12.8. The first-order valence-electron chi connectivity index (χ1n) is 21.9. The fourth-order valence-electron chi connectivity index (χ4n) is 7.85. The van der Waals surface area contributed by atoms with Crippen LogP contribution >= 0.6 is 0 Å². The van der Waals surface area contributed by atoms with Gasteiger partial charge in [0.05, 0.1) is 9.79 Å². The number of aryl methyl sites for hydroxylation is 4. The van der Waals surface area contributed by atoms with E-state index in [9.17, 15) is 25.9 Å². The average molecular weight is 945 g/mol. The molecule has 0 radical (unpaired) electrons. The summed E-state index contributed by atoms with van der Waals surface area (Å²) < 4.78 is 68.2. The molecule has 0 N–H and O–H groups in total. The van der Waals surface area contributed by atoms with Crippen LogP contribution in [0.1, 0.15) is 178 Å². The Kier molecular flexibility index (Phi) is 25.8. The Labute approximate surface area is 387 Å². The van der Waals surface area contributed by atoms with Gasteiger partial charge in [-0.3, -0.25) is 0 Å². The zero-order chi connectivity index (χ0) is 40.8. The van der Waals surface area contributed by atoms with Crippen LogP contribution in [0.15, 0.2) is 70.5 Å². The van der Waals surface area contributed by atoms with Crippen molar-refractivity contribution in [3.63, 3.8) is 0 Å². The van der Waals surface area contributed by atoms with Gasteiger partial charge in [0.15, 0.2) is 0 Å². The van der Waals surface area contributed by atoms with Gasteiger partial charge in [0.1, 0.15) is 20.2 Å². The van der Waals surface area contributed by atoms with E-state index in [0.29, 0.717) is 0 Å². The van der Waals surface area contributed by atoms with Gasteiger partial charge in [-0.05, 0) is 119 Å². The Morgan fingerprint density at radius 2 is 0.684 bits per heavy atom. The normalized spacial score (nSPS) is 11.8. The Hall–Kier alpha value is -1.21. The van der Waals surface area contributed by atoms with Gasteiger partial charge in [0, 0.05) is 0 Å². The minimum Gasteiger partial charge on any atom is -0.744 e. The van der Waals surface area contributed by atoms with Crippen molar-refractivity contribution in [3.05, 3.63) is 82.9 Å². The van der Waals surface area contributed by atoms with E-state index in [1.54, 1.807) is 0 Å². The van der Waals surface area contributed by atoms with Crippen LogP contribution in [0.5, 0.6) is 0 Å². The summed E-state index contributed by atoms with van der Waals surface area (Å²) in [6, 6.07) is 17.9. The second-order valence-corrected chi connectivity index (χ2v) is 18.5. The van der Waals surface area contributed by atoms with E-state index in [0.717, 1.165) is 60.1 Å². The van der Waals surface area contributed by atoms with Crippen LogP contribution in [-0.2, 0) is 45.9 Å². The number of unbranched alkanes of at least 4 members (excludes halogenated alkanes) is 16. The molecule has 0 saturated carbocycles. The van der Waals surface area contributed by atoms with Gasteiger partial charge in [-0.1, -0.05) is 167 Å². The van der Waals surface area contributed by atoms with E-state index in [4.69, 9.17) is 0 Å². The smallest absolute Gasteiger partial charge is 0.744 e. The summed E-state index contributed by atoms with van der Waals surface area (Å²) in [5.74, 6) is 0. The molecule has 4 rings (SSSR count). The van der Waals surface area contributed by atoms with Gasteiger partial charge in [0.2, 0.25) is 0 Å². The monoisotopic (exact) mass is 944 g/mol. The van der Waals surface area contributed by atoms with Crippen LogP contribution in [0.4, 0.5) is 0 Å². The second-order valence-electron chi connectivity index (χ2n) is 15.7. The van der Waals surface area contributed by atoms with Crippen molar-refractivity contribution < 1.29 is 25.9 Å². The molecule has 0 spiro atoms. The van der Waals surface area contributed by atoms with E-state index in [2.05, 4.69) is 39.8 Å². The summed E-state index contributed by atoms with van der Waals surface area (Å²) >= 11 is 0. The molecular formula is C48H70BaO6S2. The largest absolute Gasteiger partial charge is 2.00 e. The van der Waals surface area contributed by atoms with Crippen molar-refractivity contribution in [2.75, 3.05) is 0 Å². The maximum atomic E-state index is 11.4. The molecule has 0 aliphatic rings. The summed E-state index contributed by atoms with van der Waals surface area (Å²) in [5, 5.41) is 3.92. The maximum absolute atomic E-state index is 11.4. The summed E-state index contributed by atoms with van der Waals surface area (Å²) in [7, 11) is -8.84. The minimum atomic E-state index is -4.42. The van der Waals surface area contributed by atoms with Gasteiger partial charge in [0.25, 0.3) is 0 Å². The molecule has 0 saturated heterocycles. The zero-order valence-corrected chi connectivity index (χ0v) is 41.8. The molecule has 57 heavy (non-hydrogen) atoms. The minimum absolute atomic E-state index is 0. The summed E-state index contributed by atoms with van der Waals surface area (Å²) in [5.41, 5.74) is 5.47. The fraction of sp³-hybridized carbons (Fsp3) is 0.583. The Morgan fingerprint density at radius 3 is 0.982 bits per heavy atom. The van der Waals surface area contributed by atoms with Crippen molar-refractivity contribution in [2.45, 2.75) is 192 Å². The molecule has 0 aliphatic heterocycles. The van der Waals surface area contributed by atoms with Crippen LogP contribution in [0.25, 0.3) is 21.5 Å². The van der Waals surface area contributed by atoms with E-state index in [1.165, 1.54) is 162 Å². The molecular weight excluding hydrogens is 874 g/mol. The molecule has 6 nitrogen and oxygen atoms in total. The topological polar surface area (TPSA) is 114 Å². The molecule has 0 fully saturated rings. The third kappa shape index (κ3) is 18.5. The molecule has 0 bridgehead atoms. The fourth-order valence-corrected chi connectivity index (χ4v) is 8.87. The third-order valence-electron chi connectivity index (χ3n) is 11.1. The van der Waals surface area contributed by atoms with E-state index in [-0.39, 0.29) is 58.7 Å². The van der Waals surface area contributed by atoms with Crippen molar-refractivity contribution in [1.29, 1.82) is 0 Å². The van der Waals surface area contributed by atoms with Crippen LogP contribution in [0.3, 0.4) is 0 Å². The molecule has 0 aromatic heterocycles. The Morgan fingerprint density at radius 1 is 0.386 bits per heavy atom. The zero-order valence-electron chi connectivity index (χ0n) is 35.7. The van der Waals surface area contributed by atoms with Crippen LogP contribution < -0.4 is 0 Å². The van der Waals surface area contributed by atoms with Gasteiger partial charge in [-0.2, -0.15) is 0 Å². The molecule has 0 atom stereocenters. The molecule has 0 amide bonds. The Balaban J connectivity index is 0.000000387. The van der Waals surface area contributed by atoms with Crippen molar-refractivity contribution in [2.24, 2.45) is 0 Å². The molecule has 4 aromatic rings. The van der Waals surface area contributed by atoms with E-state index < -0.39 is 20.2 Å². The maximum Gasteiger partial charge on any atom is 2.00 e. The molecule has 4 aromatic carbocycles. The number of hydrogen-bond donors (Lipinski definition) is 0. The van der Waals surface area contributed by atoms with Gasteiger partial charge < -0.3 is 9.11 Å². The number of hydrogen-bond acceptors (Lipinski definition) is 6. The number of rotatable bonds is 26. The predicted molar refractivity (Wildman–Crippen MR) is 239 cm³/mol. The van der Waals surface area contributed by atoms with Gasteiger partial charge in [-0.15, -0.1) is 0 Å². The number of benzene rings is 4. The van der Waals surface area contributed by atoms with Crippen LogP contribution in [0.2, 0.25) is 0 Å². The van der Waals surface area contributed by atoms with Crippen molar-refractivity contribution in [1.82, 2.24) is 0 Å². The second kappa shape index (κ2) is 28.3. The SMILES string of the molecule is CCCCCCCc1ccc2cc(S(=O)(=O)[O-])ccc2c1CCCCCCC.CCCCCCCc1ccc2cc(S(=O)(=O)[O-])ccc2c1CCCCCCC.[Ba+2]. The van der Waals surface area contributed by atoms with Crippen molar-refractivity contribution >= 4 is 90.7 Å². The van der Waals surface area contributed by atoms with Gasteiger partial charge >= 0.3 is 48.9 Å². The standard InChI is InChI=1S/2C24H36O3S.Ba/c2*1-3-5-7-9-11-13-20-15-16-21-19-22(28(25,26)27)17-18-24(21)23(20)14-12-10-8-6-4-2;/h2*15-19H,3-14H2,1-2H3,(H,25,26,27);/q;;+2/p-2. The quantitative estimate of drug-likeness (QED) is 0.0352. The van der Waals surface area contributed by atoms with Gasteiger partial charge in [-0.25, -0.2) is 16.8 Å². The molecule has 0 aliphatic carbocycles. The summed E-state index contributed by atoms with van der Waals surface area (Å²) in [4.78, 5) is -0.276. The molecule has 312 valence electrons. The molecule has 0 unspecified atom stereocenters. The molecule has 9 heteroatoms. The van der Waals surface area contributed by atoms with Crippen molar-refractivity contribution in [3.8, 4) is 0 Å². The van der Waals surface area contributed by atoms with E-state index >= 15 is 0 Å². The first kappa shape index (κ1) is 51.9. The van der Waals surface area contributed by atoms with Crippen LogP contribution in [-0.4, -0.2) is 74.8 Å². The van der Waals surface area contributed by atoms with Crippen LogP contribution in [0, 0.1) is 0 Å². The first-order valence-corrected chi connectivity index (χ1v) is 24.8. The average Bonchev–Trinajstić information content (AvgIpc) is 3.17. The predicted octanol–water partition coefficient (Wildman–Crippen LogP) is 13.2. The molecule has 0 heterocycles. The summed E-state index contributed by atoms with van der Waals surface area (Å²) in [6.07, 6.45) is 29.2. The number of fused-ring (bicyclic) bond motifs is 2.